The second-order valence-corrected chi connectivity index (χ2v) is 10.9. The van der Waals surface area contributed by atoms with E-state index in [2.05, 4.69) is 53.1 Å². The number of hydrogen-bond acceptors (Lipinski definition) is 5. The molecule has 1 atom stereocenters. The number of piperazine rings is 1. The molecule has 0 saturated carbocycles. The number of nitrogens with zero attached hydrogens (tertiary/aromatic N) is 3. The maximum absolute atomic E-state index is 13.2. The first-order chi connectivity index (χ1) is 19.6. The minimum absolute atomic E-state index is 0.150. The van der Waals surface area contributed by atoms with Crippen molar-refractivity contribution in [3.8, 4) is 5.75 Å². The SMILES string of the molecule is CC1CCCN(CCCOc2ccc(CCN3CCN(C(=O)c4cccc5ccccc45)CC3)cc2)C1.O=CO. The molecule has 3 aromatic rings. The minimum atomic E-state index is -0.250. The highest BCUT2D eigenvalue weighted by Gasteiger charge is 2.23. The van der Waals surface area contributed by atoms with E-state index in [4.69, 9.17) is 14.6 Å². The predicted molar refractivity (Wildman–Crippen MR) is 160 cm³/mol. The number of benzene rings is 3. The van der Waals surface area contributed by atoms with Gasteiger partial charge >= 0.3 is 0 Å². The number of carbonyl (C=O) groups is 2. The smallest absolute Gasteiger partial charge is 0.290 e. The summed E-state index contributed by atoms with van der Waals surface area (Å²) in [5.74, 6) is 1.96. The quantitative estimate of drug-likeness (QED) is 0.300. The summed E-state index contributed by atoms with van der Waals surface area (Å²) >= 11 is 0. The molecular formula is C33H43N3O4. The molecule has 5 rings (SSSR count). The Morgan fingerprint density at radius 1 is 0.925 bits per heavy atom. The molecule has 1 amide bonds. The van der Waals surface area contributed by atoms with Crippen LogP contribution >= 0.6 is 0 Å². The largest absolute Gasteiger partial charge is 0.494 e. The predicted octanol–water partition coefficient (Wildman–Crippen LogP) is 5.04. The third-order valence-corrected chi connectivity index (χ3v) is 7.95. The zero-order valence-corrected chi connectivity index (χ0v) is 23.7. The molecule has 2 aliphatic heterocycles. The van der Waals surface area contributed by atoms with Gasteiger partial charge < -0.3 is 19.6 Å². The first kappa shape index (κ1) is 29.6. The molecule has 2 heterocycles. The zero-order valence-electron chi connectivity index (χ0n) is 23.7. The molecule has 1 unspecified atom stereocenters. The number of amides is 1. The Balaban J connectivity index is 0.00000118. The van der Waals surface area contributed by atoms with Gasteiger partial charge in [-0.25, -0.2) is 0 Å². The van der Waals surface area contributed by atoms with Crippen molar-refractivity contribution >= 4 is 23.2 Å². The average Bonchev–Trinajstić information content (AvgIpc) is 2.99. The van der Waals surface area contributed by atoms with Crippen LogP contribution < -0.4 is 4.74 Å². The molecule has 7 heteroatoms. The van der Waals surface area contributed by atoms with Crippen molar-refractivity contribution in [2.75, 3.05) is 59.0 Å². The molecule has 3 aromatic carbocycles. The Labute approximate surface area is 238 Å². The summed E-state index contributed by atoms with van der Waals surface area (Å²) in [5.41, 5.74) is 2.15. The van der Waals surface area contributed by atoms with Crippen LogP contribution in [-0.2, 0) is 11.2 Å². The van der Waals surface area contributed by atoms with Crippen LogP contribution in [-0.4, -0.2) is 91.2 Å². The molecule has 1 N–H and O–H groups in total. The molecule has 0 spiro atoms. The van der Waals surface area contributed by atoms with Gasteiger partial charge in [-0.1, -0.05) is 55.5 Å². The third kappa shape index (κ3) is 8.54. The van der Waals surface area contributed by atoms with Gasteiger partial charge in [-0.3, -0.25) is 14.5 Å². The van der Waals surface area contributed by atoms with Crippen LogP contribution in [0.25, 0.3) is 10.8 Å². The number of hydrogen-bond donors (Lipinski definition) is 1. The van der Waals surface area contributed by atoms with E-state index in [1.165, 1.54) is 31.5 Å². The van der Waals surface area contributed by atoms with Crippen LogP contribution in [0.3, 0.4) is 0 Å². The van der Waals surface area contributed by atoms with Gasteiger partial charge in [-0.05, 0) is 72.7 Å². The zero-order chi connectivity index (χ0) is 28.2. The van der Waals surface area contributed by atoms with E-state index in [-0.39, 0.29) is 12.4 Å². The van der Waals surface area contributed by atoms with E-state index in [1.807, 2.05) is 35.2 Å². The highest BCUT2D eigenvalue weighted by molar-refractivity contribution is 6.07. The van der Waals surface area contributed by atoms with Crippen LogP contribution in [0.5, 0.6) is 5.75 Å². The van der Waals surface area contributed by atoms with Gasteiger partial charge in [0.2, 0.25) is 0 Å². The molecular weight excluding hydrogens is 502 g/mol. The van der Waals surface area contributed by atoms with E-state index in [0.717, 1.165) is 86.7 Å². The Morgan fingerprint density at radius 3 is 2.40 bits per heavy atom. The molecule has 2 aliphatic rings. The fourth-order valence-electron chi connectivity index (χ4n) is 5.76. The Bertz CT molecular complexity index is 1200. The molecule has 0 aromatic heterocycles. The second kappa shape index (κ2) is 15.4. The van der Waals surface area contributed by atoms with Gasteiger partial charge in [0.15, 0.2) is 0 Å². The molecule has 40 heavy (non-hydrogen) atoms. The van der Waals surface area contributed by atoms with Crippen LogP contribution in [0, 0.1) is 5.92 Å². The minimum Gasteiger partial charge on any atom is -0.494 e. The van der Waals surface area contributed by atoms with Gasteiger partial charge in [-0.15, -0.1) is 0 Å². The third-order valence-electron chi connectivity index (χ3n) is 7.95. The standard InChI is InChI=1S/C32H41N3O2.CH2O2/c1-26-7-5-17-34(25-26)18-6-24-37-29-14-12-27(13-15-29)16-19-33-20-22-35(23-21-33)32(36)31-11-4-9-28-8-2-3-10-30(28)31;2-1-3/h2-4,8-15,26H,5-7,16-25H2,1H3;1H,(H,2,3). The first-order valence-corrected chi connectivity index (χ1v) is 14.6. The first-order valence-electron chi connectivity index (χ1n) is 14.6. The molecule has 0 bridgehead atoms. The molecule has 2 fully saturated rings. The van der Waals surface area contributed by atoms with Crippen LogP contribution in [0.1, 0.15) is 42.1 Å². The number of likely N-dealkylation sites (tertiary alicyclic amines) is 1. The monoisotopic (exact) mass is 545 g/mol. The van der Waals surface area contributed by atoms with Gasteiger partial charge in [0, 0.05) is 51.4 Å². The van der Waals surface area contributed by atoms with Crippen LogP contribution in [0.15, 0.2) is 66.7 Å². The molecule has 7 nitrogen and oxygen atoms in total. The molecule has 0 radical (unpaired) electrons. The Morgan fingerprint density at radius 2 is 1.65 bits per heavy atom. The maximum atomic E-state index is 13.2. The van der Waals surface area contributed by atoms with Gasteiger partial charge in [0.1, 0.15) is 5.75 Å². The number of carboxylic acid groups (broad SMARTS) is 1. The summed E-state index contributed by atoms with van der Waals surface area (Å²) in [6.45, 7) is 11.0. The van der Waals surface area contributed by atoms with Crippen molar-refractivity contribution in [2.24, 2.45) is 5.92 Å². The molecule has 214 valence electrons. The number of rotatable bonds is 9. The van der Waals surface area contributed by atoms with Crippen molar-refractivity contribution in [3.63, 3.8) is 0 Å². The normalized spacial score (nSPS) is 18.1. The van der Waals surface area contributed by atoms with Crippen molar-refractivity contribution < 1.29 is 19.4 Å². The lowest BCUT2D eigenvalue weighted by Crippen LogP contribution is -2.49. The summed E-state index contributed by atoms with van der Waals surface area (Å²) in [4.78, 5) is 28.6. The van der Waals surface area contributed by atoms with Crippen molar-refractivity contribution in [3.05, 3.63) is 77.9 Å². The fourth-order valence-corrected chi connectivity index (χ4v) is 5.76. The second-order valence-electron chi connectivity index (χ2n) is 10.9. The van der Waals surface area contributed by atoms with Gasteiger partial charge in [0.05, 0.1) is 6.61 Å². The lowest BCUT2D eigenvalue weighted by molar-refractivity contribution is -0.122. The number of carbonyl (C=O) groups excluding carboxylic acids is 1. The van der Waals surface area contributed by atoms with E-state index < -0.39 is 0 Å². The summed E-state index contributed by atoms with van der Waals surface area (Å²) in [7, 11) is 0. The van der Waals surface area contributed by atoms with Crippen molar-refractivity contribution in [1.29, 1.82) is 0 Å². The van der Waals surface area contributed by atoms with E-state index in [1.54, 1.807) is 0 Å². The maximum Gasteiger partial charge on any atom is 0.290 e. The number of fused-ring (bicyclic) bond motifs is 1. The number of ether oxygens (including phenoxy) is 1. The van der Waals surface area contributed by atoms with Gasteiger partial charge in [-0.2, -0.15) is 0 Å². The topological polar surface area (TPSA) is 73.3 Å². The summed E-state index contributed by atoms with van der Waals surface area (Å²) < 4.78 is 6.00. The Hall–Kier alpha value is -3.42. The lowest BCUT2D eigenvalue weighted by atomic mass is 10.0. The van der Waals surface area contributed by atoms with E-state index in [0.29, 0.717) is 0 Å². The van der Waals surface area contributed by atoms with Crippen LogP contribution in [0.2, 0.25) is 0 Å². The summed E-state index contributed by atoms with van der Waals surface area (Å²) in [5, 5.41) is 9.05. The lowest BCUT2D eigenvalue weighted by Gasteiger charge is -2.35. The van der Waals surface area contributed by atoms with E-state index in [9.17, 15) is 4.79 Å². The van der Waals surface area contributed by atoms with Crippen LogP contribution in [0.4, 0.5) is 0 Å². The molecule has 2 saturated heterocycles. The van der Waals surface area contributed by atoms with Crippen molar-refractivity contribution in [1.82, 2.24) is 14.7 Å². The highest BCUT2D eigenvalue weighted by atomic mass is 16.5. The Kier molecular flexibility index (Phi) is 11.4. The van der Waals surface area contributed by atoms with E-state index >= 15 is 0 Å². The van der Waals surface area contributed by atoms with Crippen molar-refractivity contribution in [2.45, 2.75) is 32.6 Å². The summed E-state index contributed by atoms with van der Waals surface area (Å²) in [6.07, 6.45) is 4.82. The summed E-state index contributed by atoms with van der Waals surface area (Å²) in [6, 6.07) is 22.8. The van der Waals surface area contributed by atoms with Gasteiger partial charge in [0.25, 0.3) is 12.4 Å². The fraction of sp³-hybridized carbons (Fsp3) is 0.455. The molecule has 0 aliphatic carbocycles. The average molecular weight is 546 g/mol. The number of piperidine rings is 1. The highest BCUT2D eigenvalue weighted by Crippen LogP contribution is 2.21.